The highest BCUT2D eigenvalue weighted by atomic mass is 15.1. The first-order valence-electron chi connectivity index (χ1n) is 3.63. The summed E-state index contributed by atoms with van der Waals surface area (Å²) < 4.78 is 1.84. The number of nitriles is 1. The van der Waals surface area contributed by atoms with E-state index in [0.29, 0.717) is 5.82 Å². The van der Waals surface area contributed by atoms with Crippen molar-refractivity contribution in [1.29, 1.82) is 5.26 Å². The molecule has 0 aromatic carbocycles. The van der Waals surface area contributed by atoms with Crippen LogP contribution in [0.5, 0.6) is 0 Å². The molecule has 1 aromatic rings. The molecule has 0 fully saturated rings. The molecule has 1 heterocycles. The van der Waals surface area contributed by atoms with Gasteiger partial charge in [0.15, 0.2) is 0 Å². The third-order valence-electron chi connectivity index (χ3n) is 1.85. The van der Waals surface area contributed by atoms with Crippen molar-refractivity contribution in [3.05, 3.63) is 17.2 Å². The van der Waals surface area contributed by atoms with Crippen molar-refractivity contribution in [2.45, 2.75) is 20.3 Å². The lowest BCUT2D eigenvalue weighted by Crippen LogP contribution is -1.97. The van der Waals surface area contributed by atoms with Gasteiger partial charge in [0.05, 0.1) is 5.69 Å². The minimum atomic E-state index is 0.499. The third-order valence-corrected chi connectivity index (χ3v) is 1.85. The maximum Gasteiger partial charge on any atom is 0.212 e. The van der Waals surface area contributed by atoms with Crippen LogP contribution in [0.3, 0.4) is 0 Å². The summed E-state index contributed by atoms with van der Waals surface area (Å²) in [7, 11) is 1.87. The molecule has 1 aromatic heterocycles. The Morgan fingerprint density at radius 3 is 2.55 bits per heavy atom. The van der Waals surface area contributed by atoms with Crippen molar-refractivity contribution in [3.8, 4) is 6.07 Å². The summed E-state index contributed by atoms with van der Waals surface area (Å²) >= 11 is 0. The second kappa shape index (κ2) is 2.75. The van der Waals surface area contributed by atoms with Crippen LogP contribution < -0.4 is 0 Å². The molecule has 0 aliphatic heterocycles. The number of aryl methyl sites for hydroxylation is 1. The Kier molecular flexibility index (Phi) is 1.95. The molecule has 0 radical (unpaired) electrons. The SMILES string of the molecule is CCc1c(C)nc(C#N)n1C. The van der Waals surface area contributed by atoms with Gasteiger partial charge in [-0.2, -0.15) is 5.26 Å². The predicted molar refractivity (Wildman–Crippen MR) is 42.0 cm³/mol. The zero-order chi connectivity index (χ0) is 8.43. The van der Waals surface area contributed by atoms with E-state index in [2.05, 4.69) is 11.9 Å². The standard InChI is InChI=1S/C8H11N3/c1-4-7-6(2)10-8(5-9)11(7)3/h4H2,1-3H3. The van der Waals surface area contributed by atoms with Gasteiger partial charge in [0.1, 0.15) is 6.07 Å². The molecular formula is C8H11N3. The van der Waals surface area contributed by atoms with Crippen molar-refractivity contribution < 1.29 is 0 Å². The lowest BCUT2D eigenvalue weighted by atomic mass is 10.3. The first-order chi connectivity index (χ1) is 5.20. The highest BCUT2D eigenvalue weighted by Gasteiger charge is 2.07. The van der Waals surface area contributed by atoms with Gasteiger partial charge in [-0.05, 0) is 13.3 Å². The number of hydrogen-bond donors (Lipinski definition) is 0. The topological polar surface area (TPSA) is 41.6 Å². The number of imidazole rings is 1. The van der Waals surface area contributed by atoms with Crippen LogP contribution in [-0.4, -0.2) is 9.55 Å². The Labute approximate surface area is 66.3 Å². The molecule has 0 bridgehead atoms. The molecule has 58 valence electrons. The van der Waals surface area contributed by atoms with Crippen LogP contribution in [0.1, 0.15) is 24.1 Å². The lowest BCUT2D eigenvalue weighted by molar-refractivity contribution is 0.815. The average molecular weight is 149 g/mol. The Balaban J connectivity index is 3.28. The molecule has 0 spiro atoms. The fourth-order valence-corrected chi connectivity index (χ4v) is 1.26. The molecular weight excluding hydrogens is 138 g/mol. The highest BCUT2D eigenvalue weighted by molar-refractivity contribution is 5.22. The van der Waals surface area contributed by atoms with Crippen molar-refractivity contribution in [2.24, 2.45) is 7.05 Å². The quantitative estimate of drug-likeness (QED) is 0.601. The minimum absolute atomic E-state index is 0.499. The molecule has 0 unspecified atom stereocenters. The van der Waals surface area contributed by atoms with Crippen LogP contribution in [0.25, 0.3) is 0 Å². The molecule has 0 N–H and O–H groups in total. The zero-order valence-corrected chi connectivity index (χ0v) is 7.05. The zero-order valence-electron chi connectivity index (χ0n) is 7.05. The van der Waals surface area contributed by atoms with E-state index in [-0.39, 0.29) is 0 Å². The van der Waals surface area contributed by atoms with Gasteiger partial charge in [-0.25, -0.2) is 4.98 Å². The monoisotopic (exact) mass is 149 g/mol. The molecule has 0 saturated heterocycles. The summed E-state index contributed by atoms with van der Waals surface area (Å²) in [6.07, 6.45) is 0.928. The summed E-state index contributed by atoms with van der Waals surface area (Å²) in [6, 6.07) is 2.04. The first kappa shape index (κ1) is 7.80. The third kappa shape index (κ3) is 1.12. The van der Waals surface area contributed by atoms with E-state index in [1.807, 2.05) is 24.6 Å². The van der Waals surface area contributed by atoms with Gasteiger partial charge in [-0.15, -0.1) is 0 Å². The molecule has 3 nitrogen and oxygen atoms in total. The Bertz CT molecular complexity index is 304. The fourth-order valence-electron chi connectivity index (χ4n) is 1.26. The van der Waals surface area contributed by atoms with E-state index in [4.69, 9.17) is 5.26 Å². The normalized spacial score (nSPS) is 9.64. The van der Waals surface area contributed by atoms with E-state index in [0.717, 1.165) is 17.8 Å². The summed E-state index contributed by atoms with van der Waals surface area (Å²) in [5.41, 5.74) is 2.10. The van der Waals surface area contributed by atoms with E-state index in [9.17, 15) is 0 Å². The second-order valence-electron chi connectivity index (χ2n) is 2.49. The summed E-state index contributed by atoms with van der Waals surface area (Å²) in [4.78, 5) is 4.10. The second-order valence-corrected chi connectivity index (χ2v) is 2.49. The molecule has 3 heteroatoms. The van der Waals surface area contributed by atoms with Crippen LogP contribution in [-0.2, 0) is 13.5 Å². The molecule has 0 aliphatic rings. The maximum absolute atomic E-state index is 8.62. The summed E-state index contributed by atoms with van der Waals surface area (Å²) in [5.74, 6) is 0.499. The number of nitrogens with zero attached hydrogens (tertiary/aromatic N) is 3. The van der Waals surface area contributed by atoms with Crippen molar-refractivity contribution in [1.82, 2.24) is 9.55 Å². The van der Waals surface area contributed by atoms with E-state index in [1.165, 1.54) is 0 Å². The van der Waals surface area contributed by atoms with Gasteiger partial charge in [0.25, 0.3) is 0 Å². The van der Waals surface area contributed by atoms with E-state index in [1.54, 1.807) is 0 Å². The van der Waals surface area contributed by atoms with Crippen LogP contribution in [0, 0.1) is 18.3 Å². The maximum atomic E-state index is 8.62. The smallest absolute Gasteiger partial charge is 0.212 e. The largest absolute Gasteiger partial charge is 0.323 e. The van der Waals surface area contributed by atoms with Gasteiger partial charge in [-0.1, -0.05) is 6.92 Å². The Hall–Kier alpha value is -1.30. The predicted octanol–water partition coefficient (Wildman–Crippen LogP) is 1.16. The van der Waals surface area contributed by atoms with Crippen LogP contribution in [0.2, 0.25) is 0 Å². The van der Waals surface area contributed by atoms with Gasteiger partial charge in [0, 0.05) is 12.7 Å². The molecule has 11 heavy (non-hydrogen) atoms. The number of hydrogen-bond acceptors (Lipinski definition) is 2. The van der Waals surface area contributed by atoms with Crippen LogP contribution >= 0.6 is 0 Å². The van der Waals surface area contributed by atoms with Gasteiger partial charge >= 0.3 is 0 Å². The van der Waals surface area contributed by atoms with E-state index >= 15 is 0 Å². The van der Waals surface area contributed by atoms with Crippen LogP contribution in [0.15, 0.2) is 0 Å². The van der Waals surface area contributed by atoms with Gasteiger partial charge < -0.3 is 4.57 Å². The molecule has 0 atom stereocenters. The Morgan fingerprint density at radius 1 is 1.64 bits per heavy atom. The molecule has 0 saturated carbocycles. The summed E-state index contributed by atoms with van der Waals surface area (Å²) in [5, 5.41) is 8.62. The fraction of sp³-hybridized carbons (Fsp3) is 0.500. The summed E-state index contributed by atoms with van der Waals surface area (Å²) in [6.45, 7) is 3.99. The lowest BCUT2D eigenvalue weighted by Gasteiger charge is -1.98. The highest BCUT2D eigenvalue weighted by Crippen LogP contribution is 2.08. The van der Waals surface area contributed by atoms with E-state index < -0.39 is 0 Å². The molecule has 0 aliphatic carbocycles. The van der Waals surface area contributed by atoms with Crippen molar-refractivity contribution in [3.63, 3.8) is 0 Å². The molecule has 0 amide bonds. The van der Waals surface area contributed by atoms with Crippen molar-refractivity contribution in [2.75, 3.05) is 0 Å². The van der Waals surface area contributed by atoms with Crippen molar-refractivity contribution >= 4 is 0 Å². The Morgan fingerprint density at radius 2 is 2.27 bits per heavy atom. The number of aromatic nitrogens is 2. The average Bonchev–Trinajstić information content (AvgIpc) is 2.26. The molecule has 1 rings (SSSR count). The van der Waals surface area contributed by atoms with Crippen LogP contribution in [0.4, 0.5) is 0 Å². The van der Waals surface area contributed by atoms with Gasteiger partial charge in [0.2, 0.25) is 5.82 Å². The van der Waals surface area contributed by atoms with Gasteiger partial charge in [-0.3, -0.25) is 0 Å². The number of rotatable bonds is 1. The first-order valence-corrected chi connectivity index (χ1v) is 3.63. The minimum Gasteiger partial charge on any atom is -0.323 e.